The summed E-state index contributed by atoms with van der Waals surface area (Å²) in [5.74, 6) is -0.292. The molecular weight excluding hydrogens is 411 g/mol. The Balaban J connectivity index is 1.45. The van der Waals surface area contributed by atoms with Crippen LogP contribution in [0.25, 0.3) is 0 Å². The Bertz CT molecular complexity index is 961. The van der Waals surface area contributed by atoms with Crippen LogP contribution in [0.3, 0.4) is 0 Å². The van der Waals surface area contributed by atoms with Gasteiger partial charge in [-0.2, -0.15) is 17.5 Å². The number of nitrogens with zero attached hydrogens (tertiary/aromatic N) is 3. The van der Waals surface area contributed by atoms with E-state index in [9.17, 15) is 18.0 Å². The van der Waals surface area contributed by atoms with Gasteiger partial charge in [-0.15, -0.1) is 0 Å². The van der Waals surface area contributed by atoms with Crippen LogP contribution < -0.4 is 0 Å². The number of alkyl halides is 3. The second-order valence-corrected chi connectivity index (χ2v) is 8.85. The van der Waals surface area contributed by atoms with Crippen molar-refractivity contribution in [1.29, 1.82) is 0 Å². The number of aromatic nitrogens is 1. The molecule has 8 heteroatoms. The van der Waals surface area contributed by atoms with E-state index >= 15 is 0 Å². The third-order valence-corrected chi connectivity index (χ3v) is 6.94. The molecule has 0 unspecified atom stereocenters. The van der Waals surface area contributed by atoms with E-state index in [4.69, 9.17) is 0 Å². The van der Waals surface area contributed by atoms with E-state index in [-0.39, 0.29) is 11.8 Å². The Morgan fingerprint density at radius 3 is 2.53 bits per heavy atom. The molecule has 2 aliphatic rings. The molecule has 0 atom stereocenters. The van der Waals surface area contributed by atoms with Crippen LogP contribution >= 0.6 is 11.5 Å². The van der Waals surface area contributed by atoms with Gasteiger partial charge in [-0.3, -0.25) is 4.79 Å². The smallest absolute Gasteiger partial charge is 0.370 e. The summed E-state index contributed by atoms with van der Waals surface area (Å²) in [5.41, 5.74) is 2.31. The van der Waals surface area contributed by atoms with Crippen molar-refractivity contribution in [3.05, 3.63) is 63.8 Å². The molecule has 3 heterocycles. The van der Waals surface area contributed by atoms with Crippen molar-refractivity contribution in [3.8, 4) is 0 Å². The van der Waals surface area contributed by atoms with Crippen LogP contribution in [0.5, 0.6) is 0 Å². The largest absolute Gasteiger partial charge is 0.416 e. The standard InChI is InChI=1S/C22H24F3N3OS/c1-14(2)28-12-9-17-19(13-28)30-26-20(17)21(29)27-10-7-15(8-11-27)16-5-3-4-6-18(16)22(23,24)25/h3-6,15H,1,7-13H2,2H3. The van der Waals surface area contributed by atoms with E-state index in [0.29, 0.717) is 37.2 Å². The molecule has 0 saturated carbocycles. The number of carbonyl (C=O) groups is 1. The number of amides is 1. The molecule has 0 radical (unpaired) electrons. The summed E-state index contributed by atoms with van der Waals surface area (Å²) in [6.07, 6.45) is -2.56. The first kappa shape index (κ1) is 20.9. The lowest BCUT2D eigenvalue weighted by Crippen LogP contribution is -2.39. The Kier molecular flexibility index (Phi) is 5.61. The van der Waals surface area contributed by atoms with Crippen molar-refractivity contribution < 1.29 is 18.0 Å². The Morgan fingerprint density at radius 1 is 1.17 bits per heavy atom. The number of piperidine rings is 1. The lowest BCUT2D eigenvalue weighted by molar-refractivity contribution is -0.138. The molecular formula is C22H24F3N3OS. The fourth-order valence-corrected chi connectivity index (χ4v) is 5.29. The maximum Gasteiger partial charge on any atom is 0.416 e. The zero-order valence-corrected chi connectivity index (χ0v) is 17.7. The number of carbonyl (C=O) groups excluding carboxylic acids is 1. The zero-order chi connectivity index (χ0) is 21.5. The molecule has 4 nitrogen and oxygen atoms in total. The van der Waals surface area contributed by atoms with E-state index < -0.39 is 11.7 Å². The number of likely N-dealkylation sites (tertiary alicyclic amines) is 1. The van der Waals surface area contributed by atoms with Crippen LogP contribution in [0.15, 0.2) is 36.5 Å². The van der Waals surface area contributed by atoms with Crippen molar-refractivity contribution in [3.63, 3.8) is 0 Å². The summed E-state index contributed by atoms with van der Waals surface area (Å²) < 4.78 is 44.5. The third-order valence-electron chi connectivity index (χ3n) is 6.07. The second kappa shape index (κ2) is 8.06. The van der Waals surface area contributed by atoms with E-state index in [1.165, 1.54) is 17.6 Å². The summed E-state index contributed by atoms with van der Waals surface area (Å²) in [6, 6.07) is 5.78. The van der Waals surface area contributed by atoms with E-state index in [1.807, 2.05) is 6.92 Å². The number of fused-ring (bicyclic) bond motifs is 1. The summed E-state index contributed by atoms with van der Waals surface area (Å²) >= 11 is 1.36. The lowest BCUT2D eigenvalue weighted by Gasteiger charge is -2.33. The number of rotatable bonds is 3. The van der Waals surface area contributed by atoms with Gasteiger partial charge in [-0.1, -0.05) is 24.8 Å². The van der Waals surface area contributed by atoms with Crippen molar-refractivity contribution in [1.82, 2.24) is 14.2 Å². The molecule has 0 bridgehead atoms. The molecule has 30 heavy (non-hydrogen) atoms. The van der Waals surface area contributed by atoms with Gasteiger partial charge in [0.05, 0.1) is 12.1 Å². The lowest BCUT2D eigenvalue weighted by atomic mass is 9.86. The first-order valence-electron chi connectivity index (χ1n) is 10.1. The average molecular weight is 436 g/mol. The minimum Gasteiger partial charge on any atom is -0.370 e. The number of hydrogen-bond acceptors (Lipinski definition) is 4. The highest BCUT2D eigenvalue weighted by Crippen LogP contribution is 2.39. The first-order chi connectivity index (χ1) is 14.3. The Labute approximate surface area is 178 Å². The van der Waals surface area contributed by atoms with Crippen LogP contribution in [-0.2, 0) is 19.1 Å². The van der Waals surface area contributed by atoms with Crippen molar-refractivity contribution in [2.45, 2.75) is 44.8 Å². The van der Waals surface area contributed by atoms with Crippen molar-refractivity contribution in [2.24, 2.45) is 0 Å². The molecule has 1 saturated heterocycles. The fraction of sp³-hybridized carbons (Fsp3) is 0.455. The third kappa shape index (κ3) is 3.97. The fourth-order valence-electron chi connectivity index (χ4n) is 4.37. The van der Waals surface area contributed by atoms with Gasteiger partial charge >= 0.3 is 6.18 Å². The van der Waals surface area contributed by atoms with Gasteiger partial charge in [0.15, 0.2) is 0 Å². The number of allylic oxidation sites excluding steroid dienone is 1. The molecule has 160 valence electrons. The number of hydrogen-bond donors (Lipinski definition) is 0. The van der Waals surface area contributed by atoms with Gasteiger partial charge in [0.1, 0.15) is 5.69 Å². The highest BCUT2D eigenvalue weighted by Gasteiger charge is 2.36. The monoisotopic (exact) mass is 435 g/mol. The van der Waals surface area contributed by atoms with Gasteiger partial charge in [-0.25, -0.2) is 0 Å². The molecule has 0 N–H and O–H groups in total. The van der Waals surface area contributed by atoms with Crippen LogP contribution in [0, 0.1) is 0 Å². The average Bonchev–Trinajstić information content (AvgIpc) is 3.16. The molecule has 4 rings (SSSR count). The summed E-state index contributed by atoms with van der Waals surface area (Å²) in [6.45, 7) is 8.39. The molecule has 1 fully saturated rings. The summed E-state index contributed by atoms with van der Waals surface area (Å²) in [7, 11) is 0. The van der Waals surface area contributed by atoms with Gasteiger partial charge in [-0.05, 0) is 55.3 Å². The number of benzene rings is 1. The molecule has 2 aromatic rings. The van der Waals surface area contributed by atoms with Crippen LogP contribution in [0.4, 0.5) is 13.2 Å². The van der Waals surface area contributed by atoms with Gasteiger partial charge in [0.25, 0.3) is 5.91 Å². The molecule has 1 amide bonds. The molecule has 0 aliphatic carbocycles. The topological polar surface area (TPSA) is 36.4 Å². The maximum atomic E-state index is 13.4. The SMILES string of the molecule is C=C(C)N1CCc2c(C(=O)N3CCC(c4ccccc4C(F)(F)F)CC3)nsc2C1. The molecule has 1 aromatic carbocycles. The number of halogens is 3. The second-order valence-electron chi connectivity index (χ2n) is 7.99. The van der Waals surface area contributed by atoms with Crippen molar-refractivity contribution in [2.75, 3.05) is 19.6 Å². The maximum absolute atomic E-state index is 13.4. The summed E-state index contributed by atoms with van der Waals surface area (Å²) in [5, 5.41) is 0. The quantitative estimate of drug-likeness (QED) is 0.675. The van der Waals surface area contributed by atoms with Crippen LogP contribution in [0.1, 0.15) is 57.7 Å². The molecule has 1 aromatic heterocycles. The van der Waals surface area contributed by atoms with Crippen LogP contribution in [0.2, 0.25) is 0 Å². The highest BCUT2D eigenvalue weighted by atomic mass is 32.1. The van der Waals surface area contributed by atoms with Crippen LogP contribution in [-0.4, -0.2) is 39.7 Å². The van der Waals surface area contributed by atoms with Gasteiger partial charge in [0.2, 0.25) is 0 Å². The van der Waals surface area contributed by atoms with E-state index in [0.717, 1.165) is 41.7 Å². The molecule has 0 spiro atoms. The van der Waals surface area contributed by atoms with Crippen molar-refractivity contribution >= 4 is 17.4 Å². The minimum absolute atomic E-state index is 0.0983. The normalized spacial score (nSPS) is 17.7. The van der Waals surface area contributed by atoms with E-state index in [2.05, 4.69) is 15.9 Å². The predicted octanol–water partition coefficient (Wildman–Crippen LogP) is 5.07. The first-order valence-corrected chi connectivity index (χ1v) is 10.9. The Morgan fingerprint density at radius 2 is 1.87 bits per heavy atom. The van der Waals surface area contributed by atoms with Gasteiger partial charge < -0.3 is 9.80 Å². The van der Waals surface area contributed by atoms with Gasteiger partial charge in [0, 0.05) is 35.8 Å². The molecule has 2 aliphatic heterocycles. The zero-order valence-electron chi connectivity index (χ0n) is 16.8. The minimum atomic E-state index is -4.36. The predicted molar refractivity (Wildman–Crippen MR) is 110 cm³/mol. The summed E-state index contributed by atoms with van der Waals surface area (Å²) in [4.78, 5) is 18.1. The highest BCUT2D eigenvalue weighted by molar-refractivity contribution is 7.06. The van der Waals surface area contributed by atoms with E-state index in [1.54, 1.807) is 17.0 Å². The Hall–Kier alpha value is -2.35.